The van der Waals surface area contributed by atoms with Gasteiger partial charge in [0.1, 0.15) is 0 Å². The summed E-state index contributed by atoms with van der Waals surface area (Å²) in [5.41, 5.74) is 5.28. The van der Waals surface area contributed by atoms with Crippen LogP contribution in [0.5, 0.6) is 0 Å². The quantitative estimate of drug-likeness (QED) is 0.182. The van der Waals surface area contributed by atoms with Gasteiger partial charge in [-0.3, -0.25) is 4.79 Å². The van der Waals surface area contributed by atoms with Crippen LogP contribution in [0.2, 0.25) is 0 Å². The summed E-state index contributed by atoms with van der Waals surface area (Å²) in [5.74, 6) is -0.914. The second-order valence-corrected chi connectivity index (χ2v) is 17.8. The summed E-state index contributed by atoms with van der Waals surface area (Å²) in [7, 11) is -16.7. The molecule has 18 heteroatoms. The number of carbonyl (C=O) groups excluding carboxylic acids is 1. The lowest BCUT2D eigenvalue weighted by Gasteiger charge is -2.33. The van der Waals surface area contributed by atoms with Crippen LogP contribution in [0.25, 0.3) is 0 Å². The van der Waals surface area contributed by atoms with Gasteiger partial charge < -0.3 is 5.73 Å². The van der Waals surface area contributed by atoms with Gasteiger partial charge in [0.25, 0.3) is 20.0 Å². The molecule has 2 aromatic carbocycles. The molecule has 44 heavy (non-hydrogen) atoms. The van der Waals surface area contributed by atoms with Crippen LogP contribution in [-0.2, 0) is 44.9 Å². The van der Waals surface area contributed by atoms with E-state index >= 15 is 0 Å². The molecule has 3 unspecified atom stereocenters. The van der Waals surface area contributed by atoms with Crippen molar-refractivity contribution in [3.05, 3.63) is 60.7 Å². The predicted molar refractivity (Wildman–Crippen MR) is 166 cm³/mol. The van der Waals surface area contributed by atoms with Gasteiger partial charge in [-0.2, -0.15) is 0 Å². The average molecular weight is 696 g/mol. The number of hydrogen-bond donors (Lipinski definition) is 3. The number of hydrogen-bond acceptors (Lipinski definition) is 9. The van der Waals surface area contributed by atoms with Gasteiger partial charge in [-0.15, -0.1) is 18.5 Å². The summed E-state index contributed by atoms with van der Waals surface area (Å²) in [6.07, 6.45) is 2.45. The molecule has 0 aromatic heterocycles. The van der Waals surface area contributed by atoms with E-state index in [9.17, 15) is 38.5 Å². The number of sulfonamides is 4. The molecule has 0 saturated carbocycles. The standard InChI is InChI=1S/C26H41N5O9S4/c1-21(18-19-22(2)30(28-41(3,33)34)43(37,38)24-13-7-5-8-14-24)20-23(12-11-17-26(27)32)31(29-42(4,35)36)44(39,40)25-15-9-6-10-16-25/h5-10,13-16,21-23,28-29H,11-12,17-20H2,1-4H3,(H2,27,32). The molecule has 0 aliphatic heterocycles. The Morgan fingerprint density at radius 1 is 0.705 bits per heavy atom. The van der Waals surface area contributed by atoms with E-state index in [2.05, 4.69) is 9.66 Å². The number of nitrogens with zero attached hydrogens (tertiary/aromatic N) is 2. The van der Waals surface area contributed by atoms with Crippen LogP contribution in [0, 0.1) is 5.92 Å². The molecule has 14 nitrogen and oxygen atoms in total. The first-order valence-electron chi connectivity index (χ1n) is 13.7. The van der Waals surface area contributed by atoms with Crippen molar-refractivity contribution in [2.45, 2.75) is 74.2 Å². The fourth-order valence-electron chi connectivity index (χ4n) is 4.50. The number of primary amides is 1. The Hall–Kier alpha value is -2.45. The van der Waals surface area contributed by atoms with Crippen molar-refractivity contribution in [1.82, 2.24) is 18.5 Å². The highest BCUT2D eigenvalue weighted by molar-refractivity contribution is 7.92. The number of carbonyl (C=O) groups is 1. The molecule has 0 saturated heterocycles. The minimum atomic E-state index is -4.38. The minimum absolute atomic E-state index is 0.0521. The maximum atomic E-state index is 13.6. The SMILES string of the molecule is CC(CCC(C)N(NS(C)(=O)=O)S(=O)(=O)c1ccccc1)CC(CCCC(N)=O)N(NS(C)(=O)=O)S(=O)(=O)c1ccccc1. The van der Waals surface area contributed by atoms with Gasteiger partial charge in [-0.05, 0) is 69.2 Å². The zero-order valence-corrected chi connectivity index (χ0v) is 28.3. The minimum Gasteiger partial charge on any atom is -0.370 e. The normalized spacial score (nSPS) is 15.2. The zero-order valence-electron chi connectivity index (χ0n) is 25.0. The predicted octanol–water partition coefficient (Wildman–Crippen LogP) is 1.52. The van der Waals surface area contributed by atoms with Gasteiger partial charge >= 0.3 is 0 Å². The zero-order chi connectivity index (χ0) is 33.3. The van der Waals surface area contributed by atoms with E-state index in [1.54, 1.807) is 19.1 Å². The van der Waals surface area contributed by atoms with Crippen LogP contribution in [0.3, 0.4) is 0 Å². The van der Waals surface area contributed by atoms with Crippen molar-refractivity contribution in [1.29, 1.82) is 0 Å². The van der Waals surface area contributed by atoms with Gasteiger partial charge in [0, 0.05) is 18.5 Å². The first kappa shape index (κ1) is 37.7. The molecule has 0 aliphatic rings. The summed E-state index contributed by atoms with van der Waals surface area (Å²) in [5, 5.41) is 0. The Bertz CT molecular complexity index is 1670. The van der Waals surface area contributed by atoms with Gasteiger partial charge in [0.15, 0.2) is 0 Å². The summed E-state index contributed by atoms with van der Waals surface area (Å²) in [6.45, 7) is 3.31. The Balaban J connectivity index is 2.36. The first-order chi connectivity index (χ1) is 20.2. The van der Waals surface area contributed by atoms with E-state index in [-0.39, 0.29) is 47.8 Å². The molecule has 0 spiro atoms. The number of benzene rings is 2. The van der Waals surface area contributed by atoms with Gasteiger partial charge in [0.05, 0.1) is 22.3 Å². The summed E-state index contributed by atoms with van der Waals surface area (Å²) in [6, 6.07) is 12.8. The van der Waals surface area contributed by atoms with Crippen LogP contribution in [-0.4, -0.2) is 73.0 Å². The van der Waals surface area contributed by atoms with Crippen LogP contribution in [0.15, 0.2) is 70.5 Å². The van der Waals surface area contributed by atoms with Crippen molar-refractivity contribution in [3.8, 4) is 0 Å². The molecule has 0 radical (unpaired) electrons. The third-order valence-electron chi connectivity index (χ3n) is 6.56. The Labute approximate surface area is 261 Å². The number of nitrogens with two attached hydrogens (primary N) is 1. The topological polar surface area (TPSA) is 210 Å². The fourth-order valence-corrected chi connectivity index (χ4v) is 9.70. The number of amides is 1. The van der Waals surface area contributed by atoms with E-state index in [0.29, 0.717) is 15.2 Å². The summed E-state index contributed by atoms with van der Waals surface area (Å²) >= 11 is 0. The average Bonchev–Trinajstić information content (AvgIpc) is 2.92. The van der Waals surface area contributed by atoms with Crippen molar-refractivity contribution in [2.24, 2.45) is 11.7 Å². The number of rotatable bonds is 19. The maximum Gasteiger partial charge on any atom is 0.256 e. The molecule has 0 heterocycles. The molecular weight excluding hydrogens is 655 g/mol. The van der Waals surface area contributed by atoms with E-state index in [4.69, 9.17) is 5.73 Å². The molecule has 0 fully saturated rings. The van der Waals surface area contributed by atoms with E-state index < -0.39 is 58.1 Å². The van der Waals surface area contributed by atoms with Crippen LogP contribution < -0.4 is 15.4 Å². The van der Waals surface area contributed by atoms with Crippen LogP contribution in [0.1, 0.15) is 52.4 Å². The van der Waals surface area contributed by atoms with Crippen molar-refractivity contribution in [2.75, 3.05) is 12.5 Å². The smallest absolute Gasteiger partial charge is 0.256 e. The maximum absolute atomic E-state index is 13.6. The van der Waals surface area contributed by atoms with Crippen molar-refractivity contribution in [3.63, 3.8) is 0 Å². The molecule has 4 N–H and O–H groups in total. The van der Waals surface area contributed by atoms with Gasteiger partial charge in [-0.25, -0.2) is 33.7 Å². The Morgan fingerprint density at radius 2 is 1.14 bits per heavy atom. The third kappa shape index (κ3) is 11.8. The lowest BCUT2D eigenvalue weighted by Crippen LogP contribution is -2.52. The van der Waals surface area contributed by atoms with Gasteiger partial charge in [-0.1, -0.05) is 43.3 Å². The highest BCUT2D eigenvalue weighted by Crippen LogP contribution is 2.27. The largest absolute Gasteiger partial charge is 0.370 e. The molecule has 248 valence electrons. The summed E-state index contributed by atoms with van der Waals surface area (Å²) < 4.78 is 104. The van der Waals surface area contributed by atoms with Gasteiger partial charge in [0.2, 0.25) is 26.0 Å². The second-order valence-electron chi connectivity index (χ2n) is 10.7. The molecule has 1 amide bonds. The molecule has 3 atom stereocenters. The van der Waals surface area contributed by atoms with Crippen LogP contribution >= 0.6 is 0 Å². The molecule has 0 bridgehead atoms. The van der Waals surface area contributed by atoms with E-state index in [1.165, 1.54) is 55.5 Å². The van der Waals surface area contributed by atoms with Crippen molar-refractivity contribution >= 4 is 46.0 Å². The molecule has 2 rings (SSSR count). The third-order valence-corrected chi connectivity index (χ3v) is 11.5. The molecule has 2 aromatic rings. The highest BCUT2D eigenvalue weighted by atomic mass is 32.2. The lowest BCUT2D eigenvalue weighted by atomic mass is 9.93. The monoisotopic (exact) mass is 695 g/mol. The number of nitrogens with one attached hydrogen (secondary N) is 2. The van der Waals surface area contributed by atoms with E-state index in [1.807, 2.05) is 0 Å². The Kier molecular flexibility index (Phi) is 13.5. The molecule has 0 aliphatic carbocycles. The van der Waals surface area contributed by atoms with Crippen LogP contribution in [0.4, 0.5) is 0 Å². The lowest BCUT2D eigenvalue weighted by molar-refractivity contribution is -0.118. The summed E-state index contributed by atoms with van der Waals surface area (Å²) in [4.78, 5) is 15.4. The fraction of sp³-hybridized carbons (Fsp3) is 0.500. The first-order valence-corrected chi connectivity index (χ1v) is 20.3. The Morgan fingerprint density at radius 3 is 1.57 bits per heavy atom. The highest BCUT2D eigenvalue weighted by Gasteiger charge is 2.36. The molecular formula is C26H41N5O9S4. The van der Waals surface area contributed by atoms with Crippen molar-refractivity contribution < 1.29 is 38.5 Å². The van der Waals surface area contributed by atoms with E-state index in [0.717, 1.165) is 12.5 Å². The number of hydrazine groups is 2. The second kappa shape index (κ2) is 15.7.